The summed E-state index contributed by atoms with van der Waals surface area (Å²) in [6.07, 6.45) is 1.03. The number of aromatic nitrogens is 1. The lowest BCUT2D eigenvalue weighted by atomic mass is 9.75. The van der Waals surface area contributed by atoms with Gasteiger partial charge in [0, 0.05) is 5.39 Å². The smallest absolute Gasteiger partial charge is 0.408 e. The number of amides is 1. The first-order valence-electron chi connectivity index (χ1n) is 10.4. The third-order valence-corrected chi connectivity index (χ3v) is 5.10. The van der Waals surface area contributed by atoms with Crippen LogP contribution in [0.5, 0.6) is 0 Å². The monoisotopic (exact) mass is 432 g/mol. The molecule has 0 spiro atoms. The Morgan fingerprint density at radius 1 is 1.09 bits per heavy atom. The highest BCUT2D eigenvalue weighted by atomic mass is 16.5. The van der Waals surface area contributed by atoms with Gasteiger partial charge in [-0.05, 0) is 47.2 Å². The molecule has 1 atom stereocenters. The van der Waals surface area contributed by atoms with Gasteiger partial charge in [0.2, 0.25) is 0 Å². The second-order valence-electron chi connectivity index (χ2n) is 8.98. The van der Waals surface area contributed by atoms with Gasteiger partial charge in [-0.2, -0.15) is 0 Å². The van der Waals surface area contributed by atoms with E-state index in [-0.39, 0.29) is 13.0 Å². The molecule has 1 amide bonds. The Hall–Kier alpha value is -3.67. The van der Waals surface area contributed by atoms with Gasteiger partial charge in [-0.3, -0.25) is 0 Å². The molecule has 0 saturated heterocycles. The van der Waals surface area contributed by atoms with Gasteiger partial charge in [0.1, 0.15) is 6.61 Å². The summed E-state index contributed by atoms with van der Waals surface area (Å²) in [5.74, 6) is -1.15. The zero-order valence-corrected chi connectivity index (χ0v) is 18.6. The molecule has 0 unspecified atom stereocenters. The van der Waals surface area contributed by atoms with E-state index in [0.717, 1.165) is 16.6 Å². The lowest BCUT2D eigenvalue weighted by Gasteiger charge is -2.36. The van der Waals surface area contributed by atoms with Gasteiger partial charge >= 0.3 is 12.1 Å². The first kappa shape index (κ1) is 23.0. The summed E-state index contributed by atoms with van der Waals surface area (Å²) in [5.41, 5.74) is 0.647. The fourth-order valence-corrected chi connectivity index (χ4v) is 3.72. The fraction of sp³-hybridized carbons (Fsp3) is 0.269. The van der Waals surface area contributed by atoms with Crippen LogP contribution < -0.4 is 5.32 Å². The molecular weight excluding hydrogens is 404 g/mol. The van der Waals surface area contributed by atoms with Crippen molar-refractivity contribution in [2.24, 2.45) is 5.41 Å². The summed E-state index contributed by atoms with van der Waals surface area (Å²) in [5, 5.41) is 13.8. The van der Waals surface area contributed by atoms with Gasteiger partial charge < -0.3 is 15.2 Å². The Labute approximate surface area is 187 Å². The van der Waals surface area contributed by atoms with Crippen molar-refractivity contribution in [2.45, 2.75) is 39.3 Å². The van der Waals surface area contributed by atoms with Crippen LogP contribution in [0, 0.1) is 5.41 Å². The second-order valence-corrected chi connectivity index (χ2v) is 8.98. The molecule has 3 rings (SSSR count). The van der Waals surface area contributed by atoms with Crippen molar-refractivity contribution in [1.82, 2.24) is 10.3 Å². The molecule has 0 radical (unpaired) electrons. The molecule has 0 aliphatic rings. The van der Waals surface area contributed by atoms with Gasteiger partial charge in [-0.25, -0.2) is 14.6 Å². The summed E-state index contributed by atoms with van der Waals surface area (Å²) < 4.78 is 5.35. The standard InChI is InChI=1S/C26H28N2O4/c1-5-21-13-11-19-15-20(12-14-22(19)27-21)26(23(29)30,17-25(2,3)4)28-24(31)32-16-18-9-7-6-8-10-18/h5-15H,1,16-17H2,2-4H3,(H,28,31)(H,29,30)/t26-/m1/s1. The number of nitrogens with zero attached hydrogens (tertiary/aromatic N) is 1. The largest absolute Gasteiger partial charge is 0.479 e. The topological polar surface area (TPSA) is 88.5 Å². The van der Waals surface area contributed by atoms with E-state index < -0.39 is 23.0 Å². The molecule has 2 aromatic carbocycles. The molecule has 6 heteroatoms. The molecular formula is C26H28N2O4. The number of benzene rings is 2. The number of nitrogens with one attached hydrogen (secondary N) is 1. The van der Waals surface area contributed by atoms with Crippen molar-refractivity contribution in [1.29, 1.82) is 0 Å². The SMILES string of the molecule is C=Cc1ccc2cc([C@@](CC(C)(C)C)(NC(=O)OCc3ccccc3)C(=O)O)ccc2n1. The van der Waals surface area contributed by atoms with E-state index in [4.69, 9.17) is 4.74 Å². The number of rotatable bonds is 7. The maximum atomic E-state index is 12.7. The van der Waals surface area contributed by atoms with Gasteiger partial charge in [0.25, 0.3) is 0 Å². The molecule has 0 fully saturated rings. The van der Waals surface area contributed by atoms with Crippen LogP contribution in [0.2, 0.25) is 0 Å². The van der Waals surface area contributed by atoms with Gasteiger partial charge in [0.15, 0.2) is 5.54 Å². The van der Waals surface area contributed by atoms with Crippen molar-refractivity contribution >= 4 is 29.0 Å². The number of fused-ring (bicyclic) bond motifs is 1. The summed E-state index contributed by atoms with van der Waals surface area (Å²) in [7, 11) is 0. The zero-order chi connectivity index (χ0) is 23.4. The molecule has 0 aliphatic heterocycles. The summed E-state index contributed by atoms with van der Waals surface area (Å²) in [6, 6.07) is 18.1. The van der Waals surface area contributed by atoms with E-state index >= 15 is 0 Å². The molecule has 0 saturated carbocycles. The summed E-state index contributed by atoms with van der Waals surface area (Å²) in [4.78, 5) is 29.9. The minimum Gasteiger partial charge on any atom is -0.479 e. The first-order valence-corrected chi connectivity index (χ1v) is 10.4. The minimum atomic E-state index is -1.67. The molecule has 0 aliphatic carbocycles. The maximum Gasteiger partial charge on any atom is 0.408 e. The predicted molar refractivity (Wildman–Crippen MR) is 125 cm³/mol. The number of carbonyl (C=O) groups is 2. The Morgan fingerprint density at radius 2 is 1.81 bits per heavy atom. The lowest BCUT2D eigenvalue weighted by molar-refractivity contribution is -0.146. The quantitative estimate of drug-likeness (QED) is 0.513. The molecule has 2 N–H and O–H groups in total. The van der Waals surface area contributed by atoms with Gasteiger partial charge in [-0.15, -0.1) is 0 Å². The number of ether oxygens (including phenoxy) is 1. The second kappa shape index (κ2) is 9.22. The normalized spacial score (nSPS) is 13.2. The van der Waals surface area contributed by atoms with E-state index in [9.17, 15) is 14.7 Å². The number of carbonyl (C=O) groups excluding carboxylic acids is 1. The Kier molecular flexibility index (Phi) is 6.63. The molecule has 32 heavy (non-hydrogen) atoms. The van der Waals surface area contributed by atoms with Crippen LogP contribution in [0.3, 0.4) is 0 Å². The average molecular weight is 433 g/mol. The van der Waals surface area contributed by atoms with Crippen LogP contribution >= 0.6 is 0 Å². The van der Waals surface area contributed by atoms with Crippen molar-refractivity contribution < 1.29 is 19.4 Å². The van der Waals surface area contributed by atoms with E-state index in [0.29, 0.717) is 11.1 Å². The summed E-state index contributed by atoms with van der Waals surface area (Å²) >= 11 is 0. The van der Waals surface area contributed by atoms with Crippen molar-refractivity contribution in [3.63, 3.8) is 0 Å². The van der Waals surface area contributed by atoms with Crippen molar-refractivity contribution in [2.75, 3.05) is 0 Å². The zero-order valence-electron chi connectivity index (χ0n) is 18.6. The number of hydrogen-bond acceptors (Lipinski definition) is 4. The third kappa shape index (κ3) is 5.32. The number of carboxylic acids is 1. The Morgan fingerprint density at radius 3 is 2.44 bits per heavy atom. The van der Waals surface area contributed by atoms with Crippen LogP contribution in [0.1, 0.15) is 44.0 Å². The molecule has 0 bridgehead atoms. The van der Waals surface area contributed by atoms with Gasteiger partial charge in [-0.1, -0.05) is 69.8 Å². The van der Waals surface area contributed by atoms with Gasteiger partial charge in [0.05, 0.1) is 11.2 Å². The van der Waals surface area contributed by atoms with E-state index in [1.54, 1.807) is 24.3 Å². The Bertz CT molecular complexity index is 1140. The van der Waals surface area contributed by atoms with E-state index in [1.807, 2.05) is 63.2 Å². The molecule has 1 heterocycles. The number of hydrogen-bond donors (Lipinski definition) is 2. The molecule has 6 nitrogen and oxygen atoms in total. The highest BCUT2D eigenvalue weighted by Crippen LogP contribution is 2.36. The van der Waals surface area contributed by atoms with Crippen LogP contribution in [-0.2, 0) is 21.7 Å². The third-order valence-electron chi connectivity index (χ3n) is 5.10. The van der Waals surface area contributed by atoms with Crippen LogP contribution in [0.15, 0.2) is 67.2 Å². The highest BCUT2D eigenvalue weighted by molar-refractivity contribution is 5.89. The van der Waals surface area contributed by atoms with Crippen molar-refractivity contribution in [3.8, 4) is 0 Å². The number of alkyl carbamates (subject to hydrolysis) is 1. The minimum absolute atomic E-state index is 0.0455. The van der Waals surface area contributed by atoms with Crippen LogP contribution in [-0.4, -0.2) is 22.2 Å². The summed E-state index contributed by atoms with van der Waals surface area (Å²) in [6.45, 7) is 9.57. The van der Waals surface area contributed by atoms with Crippen LogP contribution in [0.25, 0.3) is 17.0 Å². The number of pyridine rings is 1. The fourth-order valence-electron chi connectivity index (χ4n) is 3.72. The maximum absolute atomic E-state index is 12.7. The molecule has 3 aromatic rings. The van der Waals surface area contributed by atoms with E-state index in [2.05, 4.69) is 16.9 Å². The predicted octanol–water partition coefficient (Wildman–Crippen LogP) is 5.52. The highest BCUT2D eigenvalue weighted by Gasteiger charge is 2.45. The number of carboxylic acid groups (broad SMARTS) is 1. The molecule has 166 valence electrons. The lowest BCUT2D eigenvalue weighted by Crippen LogP contribution is -2.54. The van der Waals surface area contributed by atoms with Crippen molar-refractivity contribution in [3.05, 3.63) is 84.1 Å². The van der Waals surface area contributed by atoms with E-state index in [1.165, 1.54) is 0 Å². The molecule has 1 aromatic heterocycles. The number of aliphatic carboxylic acids is 1. The average Bonchev–Trinajstić information content (AvgIpc) is 2.76. The Balaban J connectivity index is 1.98. The van der Waals surface area contributed by atoms with Crippen LogP contribution in [0.4, 0.5) is 4.79 Å². The first-order chi connectivity index (χ1) is 15.1.